The molecular formula is C25H21Cl4N3O2. The second kappa shape index (κ2) is 11.0. The number of pyridine rings is 1. The second-order valence-electron chi connectivity index (χ2n) is 8.11. The zero-order valence-corrected chi connectivity index (χ0v) is 21.1. The predicted octanol–water partition coefficient (Wildman–Crippen LogP) is 6.64. The van der Waals surface area contributed by atoms with Gasteiger partial charge in [0.1, 0.15) is 5.15 Å². The molecule has 176 valence electrons. The average molecular weight is 537 g/mol. The Kier molecular flexibility index (Phi) is 7.99. The maximum absolute atomic E-state index is 13.7. The highest BCUT2D eigenvalue weighted by molar-refractivity contribution is 6.35. The summed E-state index contributed by atoms with van der Waals surface area (Å²) in [6.07, 6.45) is 2.86. The minimum absolute atomic E-state index is 0.194. The Bertz CT molecular complexity index is 1190. The van der Waals surface area contributed by atoms with E-state index < -0.39 is 0 Å². The lowest BCUT2D eigenvalue weighted by molar-refractivity contribution is 0.0451. The smallest absolute Gasteiger partial charge is 0.255 e. The van der Waals surface area contributed by atoms with Gasteiger partial charge in [-0.1, -0.05) is 76.7 Å². The van der Waals surface area contributed by atoms with Crippen LogP contribution in [0.5, 0.6) is 0 Å². The van der Waals surface area contributed by atoms with Gasteiger partial charge in [0.2, 0.25) is 0 Å². The minimum Gasteiger partial charge on any atom is -0.337 e. The number of hydrogen-bond acceptors (Lipinski definition) is 3. The normalized spacial score (nSPS) is 15.8. The van der Waals surface area contributed by atoms with Crippen molar-refractivity contribution in [3.8, 4) is 0 Å². The SMILES string of the molecule is O=C(c1cc(Cl)ncc1Cl)N1CCCC(N(Cc2ccccc2)C(=O)c2cc(Cl)cc(Cl)c2)C1. The first-order chi connectivity index (χ1) is 16.3. The van der Waals surface area contributed by atoms with Crippen molar-refractivity contribution in [2.45, 2.75) is 25.4 Å². The molecular weight excluding hydrogens is 516 g/mol. The van der Waals surface area contributed by atoms with Crippen LogP contribution in [0.2, 0.25) is 20.2 Å². The fraction of sp³-hybridized carbons (Fsp3) is 0.240. The Morgan fingerprint density at radius 3 is 2.41 bits per heavy atom. The van der Waals surface area contributed by atoms with Gasteiger partial charge in [0.25, 0.3) is 11.8 Å². The van der Waals surface area contributed by atoms with Crippen LogP contribution < -0.4 is 0 Å². The first-order valence-corrected chi connectivity index (χ1v) is 12.2. The molecule has 1 saturated heterocycles. The van der Waals surface area contributed by atoms with Crippen molar-refractivity contribution >= 4 is 58.2 Å². The molecule has 1 unspecified atom stereocenters. The van der Waals surface area contributed by atoms with Crippen molar-refractivity contribution in [1.82, 2.24) is 14.8 Å². The van der Waals surface area contributed by atoms with E-state index >= 15 is 0 Å². The number of rotatable bonds is 5. The van der Waals surface area contributed by atoms with Gasteiger partial charge in [-0.25, -0.2) is 4.98 Å². The molecule has 0 radical (unpaired) electrons. The molecule has 0 saturated carbocycles. The molecule has 0 N–H and O–H groups in total. The van der Waals surface area contributed by atoms with Crippen molar-refractivity contribution in [3.63, 3.8) is 0 Å². The summed E-state index contributed by atoms with van der Waals surface area (Å²) < 4.78 is 0. The van der Waals surface area contributed by atoms with E-state index in [-0.39, 0.29) is 28.0 Å². The lowest BCUT2D eigenvalue weighted by Crippen LogP contribution is -2.51. The quantitative estimate of drug-likeness (QED) is 0.343. The van der Waals surface area contributed by atoms with Crippen molar-refractivity contribution in [2.24, 2.45) is 0 Å². The summed E-state index contributed by atoms with van der Waals surface area (Å²) in [5.74, 6) is -0.436. The molecule has 1 aliphatic rings. The number of carbonyl (C=O) groups excluding carboxylic acids is 2. The van der Waals surface area contributed by atoms with Gasteiger partial charge in [0, 0.05) is 41.4 Å². The molecule has 3 aromatic rings. The van der Waals surface area contributed by atoms with E-state index in [0.29, 0.717) is 40.8 Å². The Morgan fingerprint density at radius 2 is 1.71 bits per heavy atom. The monoisotopic (exact) mass is 535 g/mol. The summed E-state index contributed by atoms with van der Waals surface area (Å²) in [5.41, 5.74) is 1.68. The van der Waals surface area contributed by atoms with Crippen LogP contribution in [0.3, 0.4) is 0 Å². The zero-order chi connectivity index (χ0) is 24.2. The van der Waals surface area contributed by atoms with E-state index in [0.717, 1.165) is 18.4 Å². The van der Waals surface area contributed by atoms with Crippen LogP contribution in [0.4, 0.5) is 0 Å². The molecule has 4 rings (SSSR count). The fourth-order valence-electron chi connectivity index (χ4n) is 4.13. The molecule has 1 fully saturated rings. The third-order valence-electron chi connectivity index (χ3n) is 5.74. The van der Waals surface area contributed by atoms with Crippen LogP contribution in [-0.4, -0.2) is 45.7 Å². The summed E-state index contributed by atoms with van der Waals surface area (Å²) in [6.45, 7) is 1.31. The molecule has 34 heavy (non-hydrogen) atoms. The van der Waals surface area contributed by atoms with E-state index in [1.54, 1.807) is 28.0 Å². The number of nitrogens with zero attached hydrogens (tertiary/aromatic N) is 3. The summed E-state index contributed by atoms with van der Waals surface area (Å²) in [4.78, 5) is 34.3. The van der Waals surface area contributed by atoms with E-state index in [9.17, 15) is 9.59 Å². The lowest BCUT2D eigenvalue weighted by Gasteiger charge is -2.39. The zero-order valence-electron chi connectivity index (χ0n) is 18.1. The van der Waals surface area contributed by atoms with Crippen LogP contribution in [0.25, 0.3) is 0 Å². The van der Waals surface area contributed by atoms with Crippen LogP contribution >= 0.6 is 46.4 Å². The lowest BCUT2D eigenvalue weighted by atomic mass is 10.0. The highest BCUT2D eigenvalue weighted by Crippen LogP contribution is 2.27. The highest BCUT2D eigenvalue weighted by atomic mass is 35.5. The number of piperidine rings is 1. The highest BCUT2D eigenvalue weighted by Gasteiger charge is 2.32. The predicted molar refractivity (Wildman–Crippen MR) is 136 cm³/mol. The molecule has 5 nitrogen and oxygen atoms in total. The topological polar surface area (TPSA) is 53.5 Å². The molecule has 2 heterocycles. The third-order valence-corrected chi connectivity index (χ3v) is 6.69. The van der Waals surface area contributed by atoms with Gasteiger partial charge in [-0.15, -0.1) is 0 Å². The van der Waals surface area contributed by atoms with Gasteiger partial charge in [-0.05, 0) is 42.7 Å². The number of halogens is 4. The second-order valence-corrected chi connectivity index (χ2v) is 9.78. The molecule has 1 aliphatic heterocycles. The van der Waals surface area contributed by atoms with E-state index in [2.05, 4.69) is 4.98 Å². The Labute approximate surface area is 218 Å². The van der Waals surface area contributed by atoms with Crippen LogP contribution in [0, 0.1) is 0 Å². The average Bonchev–Trinajstić information content (AvgIpc) is 2.83. The summed E-state index contributed by atoms with van der Waals surface area (Å²) in [7, 11) is 0. The molecule has 0 spiro atoms. The minimum atomic E-state index is -0.239. The van der Waals surface area contributed by atoms with Crippen molar-refractivity contribution in [2.75, 3.05) is 13.1 Å². The van der Waals surface area contributed by atoms with Gasteiger partial charge in [-0.2, -0.15) is 0 Å². The van der Waals surface area contributed by atoms with Gasteiger partial charge < -0.3 is 9.80 Å². The number of benzene rings is 2. The third kappa shape index (κ3) is 5.84. The first kappa shape index (κ1) is 24.8. The molecule has 2 amide bonds. The molecule has 9 heteroatoms. The van der Waals surface area contributed by atoms with Crippen molar-refractivity contribution in [3.05, 3.63) is 97.7 Å². The van der Waals surface area contributed by atoms with Gasteiger partial charge >= 0.3 is 0 Å². The largest absolute Gasteiger partial charge is 0.337 e. The van der Waals surface area contributed by atoms with Gasteiger partial charge in [0.05, 0.1) is 16.6 Å². The number of likely N-dealkylation sites (tertiary alicyclic amines) is 1. The van der Waals surface area contributed by atoms with E-state index in [1.165, 1.54) is 12.3 Å². The van der Waals surface area contributed by atoms with Gasteiger partial charge in [0.15, 0.2) is 0 Å². The Hall–Kier alpha value is -2.31. The van der Waals surface area contributed by atoms with Crippen LogP contribution in [-0.2, 0) is 6.54 Å². The number of amides is 2. The maximum Gasteiger partial charge on any atom is 0.255 e. The molecule has 2 aromatic carbocycles. The van der Waals surface area contributed by atoms with Gasteiger partial charge in [-0.3, -0.25) is 9.59 Å². The molecule has 1 aromatic heterocycles. The number of carbonyl (C=O) groups is 2. The van der Waals surface area contributed by atoms with Crippen molar-refractivity contribution < 1.29 is 9.59 Å². The molecule has 0 bridgehead atoms. The maximum atomic E-state index is 13.7. The Morgan fingerprint density at radius 1 is 1.00 bits per heavy atom. The fourth-order valence-corrected chi connectivity index (χ4v) is 5.00. The molecule has 0 aliphatic carbocycles. The van der Waals surface area contributed by atoms with Crippen LogP contribution in [0.1, 0.15) is 39.1 Å². The Balaban J connectivity index is 1.63. The summed E-state index contributed by atoms with van der Waals surface area (Å²) >= 11 is 24.5. The van der Waals surface area contributed by atoms with Crippen LogP contribution in [0.15, 0.2) is 60.8 Å². The standard InChI is InChI=1S/C25H21Cl4N3O2/c26-18-9-17(10-19(27)11-18)24(33)32(14-16-5-2-1-3-6-16)20-7-4-8-31(15-20)25(34)21-12-23(29)30-13-22(21)28/h1-3,5-6,9-13,20H,4,7-8,14-15H2. The van der Waals surface area contributed by atoms with Crippen molar-refractivity contribution in [1.29, 1.82) is 0 Å². The number of hydrogen-bond donors (Lipinski definition) is 0. The van der Waals surface area contributed by atoms with E-state index in [4.69, 9.17) is 46.4 Å². The number of aromatic nitrogens is 1. The van der Waals surface area contributed by atoms with E-state index in [1.807, 2.05) is 30.3 Å². The first-order valence-electron chi connectivity index (χ1n) is 10.7. The summed E-state index contributed by atoms with van der Waals surface area (Å²) in [6, 6.07) is 15.8. The molecule has 1 atom stereocenters. The summed E-state index contributed by atoms with van der Waals surface area (Å²) in [5, 5.41) is 1.21.